The van der Waals surface area contributed by atoms with Gasteiger partial charge in [0.05, 0.1) is 6.54 Å². The Hall–Kier alpha value is -1.95. The topological polar surface area (TPSA) is 49.3 Å². The molecule has 0 radical (unpaired) electrons. The molecule has 2 aromatic rings. The summed E-state index contributed by atoms with van der Waals surface area (Å²) >= 11 is 1.72. The lowest BCUT2D eigenvalue weighted by molar-refractivity contribution is 0.617. The molecule has 1 aromatic heterocycles. The summed E-state index contributed by atoms with van der Waals surface area (Å²) in [5.74, 6) is 0.626. The molecule has 6 heteroatoms. The maximum absolute atomic E-state index is 13.1. The van der Waals surface area contributed by atoms with Crippen LogP contribution < -0.4 is 10.6 Å². The molecule has 1 heterocycles. The fourth-order valence-electron chi connectivity index (χ4n) is 2.85. The van der Waals surface area contributed by atoms with Crippen LogP contribution in [0.15, 0.2) is 35.5 Å². The van der Waals surface area contributed by atoms with Crippen LogP contribution >= 0.6 is 11.3 Å². The summed E-state index contributed by atoms with van der Waals surface area (Å²) in [4.78, 5) is 10.4. The first-order valence-corrected chi connectivity index (χ1v) is 9.68. The van der Waals surface area contributed by atoms with Crippen LogP contribution in [-0.4, -0.2) is 24.0 Å². The minimum Gasteiger partial charge on any atom is -0.357 e. The lowest BCUT2D eigenvalue weighted by Gasteiger charge is -2.19. The SMILES string of the molecule is CCNC(=NCc1ncc(CC)s1)NCC1(c2ccc(F)cc2)CC1. The first kappa shape index (κ1) is 17.9. The monoisotopic (exact) mass is 360 g/mol. The van der Waals surface area contributed by atoms with Crippen molar-refractivity contribution in [3.05, 3.63) is 51.7 Å². The van der Waals surface area contributed by atoms with Gasteiger partial charge in [0.2, 0.25) is 0 Å². The number of benzene rings is 1. The standard InChI is InChI=1S/C19H25FN4S/c1-3-16-11-22-17(25-16)12-23-18(21-4-2)24-13-19(9-10-19)14-5-7-15(20)8-6-14/h5-8,11H,3-4,9-10,12-13H2,1-2H3,(H2,21,23,24). The fourth-order valence-corrected chi connectivity index (χ4v) is 3.63. The molecule has 0 saturated heterocycles. The molecule has 134 valence electrons. The Morgan fingerprint density at radius 1 is 1.24 bits per heavy atom. The van der Waals surface area contributed by atoms with Crippen LogP contribution in [0, 0.1) is 5.82 Å². The molecule has 0 atom stereocenters. The smallest absolute Gasteiger partial charge is 0.191 e. The first-order valence-electron chi connectivity index (χ1n) is 8.87. The van der Waals surface area contributed by atoms with Gasteiger partial charge in [0.15, 0.2) is 5.96 Å². The summed E-state index contributed by atoms with van der Waals surface area (Å²) in [6, 6.07) is 6.89. The Morgan fingerprint density at radius 3 is 2.60 bits per heavy atom. The average molecular weight is 361 g/mol. The van der Waals surface area contributed by atoms with Gasteiger partial charge < -0.3 is 10.6 Å². The van der Waals surface area contributed by atoms with E-state index in [4.69, 9.17) is 0 Å². The Morgan fingerprint density at radius 2 is 2.00 bits per heavy atom. The molecular formula is C19H25FN4S. The molecule has 1 fully saturated rings. The predicted molar refractivity (Wildman–Crippen MR) is 102 cm³/mol. The number of rotatable bonds is 7. The van der Waals surface area contributed by atoms with Gasteiger partial charge in [-0.25, -0.2) is 14.4 Å². The quantitative estimate of drug-likeness (QED) is 0.585. The summed E-state index contributed by atoms with van der Waals surface area (Å²) in [6.07, 6.45) is 5.19. The zero-order valence-corrected chi connectivity index (χ0v) is 15.6. The number of halogens is 1. The molecule has 1 aliphatic carbocycles. The normalized spacial score (nSPS) is 15.9. The van der Waals surface area contributed by atoms with Crippen LogP contribution in [0.1, 0.15) is 42.1 Å². The highest BCUT2D eigenvalue weighted by Crippen LogP contribution is 2.47. The molecule has 1 saturated carbocycles. The molecule has 1 aromatic carbocycles. The summed E-state index contributed by atoms with van der Waals surface area (Å²) in [7, 11) is 0. The van der Waals surface area contributed by atoms with Crippen LogP contribution in [-0.2, 0) is 18.4 Å². The van der Waals surface area contributed by atoms with Crippen LogP contribution in [0.2, 0.25) is 0 Å². The van der Waals surface area contributed by atoms with Gasteiger partial charge in [-0.15, -0.1) is 11.3 Å². The van der Waals surface area contributed by atoms with Crippen LogP contribution in [0.3, 0.4) is 0 Å². The maximum Gasteiger partial charge on any atom is 0.191 e. The van der Waals surface area contributed by atoms with Crippen molar-refractivity contribution in [3.63, 3.8) is 0 Å². The Bertz CT molecular complexity index is 719. The van der Waals surface area contributed by atoms with E-state index in [0.29, 0.717) is 6.54 Å². The van der Waals surface area contributed by atoms with Gasteiger partial charge in [-0.3, -0.25) is 0 Å². The molecule has 4 nitrogen and oxygen atoms in total. The molecule has 0 bridgehead atoms. The number of hydrogen-bond acceptors (Lipinski definition) is 3. The van der Waals surface area contributed by atoms with Gasteiger partial charge in [0.1, 0.15) is 10.8 Å². The van der Waals surface area contributed by atoms with Crippen molar-refractivity contribution in [1.29, 1.82) is 0 Å². The molecule has 25 heavy (non-hydrogen) atoms. The third-order valence-electron chi connectivity index (χ3n) is 4.57. The van der Waals surface area contributed by atoms with Crippen molar-refractivity contribution in [3.8, 4) is 0 Å². The second kappa shape index (κ2) is 7.95. The first-order chi connectivity index (χ1) is 12.1. The third kappa shape index (κ3) is 4.57. The lowest BCUT2D eigenvalue weighted by atomic mass is 9.96. The predicted octanol–water partition coefficient (Wildman–Crippen LogP) is 3.63. The van der Waals surface area contributed by atoms with Crippen LogP contribution in [0.5, 0.6) is 0 Å². The number of hydrogen-bond donors (Lipinski definition) is 2. The fraction of sp³-hybridized carbons (Fsp3) is 0.474. The van der Waals surface area contributed by atoms with E-state index in [2.05, 4.69) is 34.5 Å². The van der Waals surface area contributed by atoms with E-state index < -0.39 is 0 Å². The zero-order valence-electron chi connectivity index (χ0n) is 14.8. The highest BCUT2D eigenvalue weighted by Gasteiger charge is 2.44. The van der Waals surface area contributed by atoms with Gasteiger partial charge >= 0.3 is 0 Å². The van der Waals surface area contributed by atoms with E-state index in [0.717, 1.165) is 43.3 Å². The number of aliphatic imine (C=N–C) groups is 1. The molecular weight excluding hydrogens is 335 g/mol. The zero-order chi connectivity index (χ0) is 17.7. The average Bonchev–Trinajstić information content (AvgIpc) is 3.27. The highest BCUT2D eigenvalue weighted by molar-refractivity contribution is 7.11. The van der Waals surface area contributed by atoms with Crippen molar-refractivity contribution < 1.29 is 4.39 Å². The van der Waals surface area contributed by atoms with E-state index in [9.17, 15) is 4.39 Å². The number of guanidine groups is 1. The molecule has 2 N–H and O–H groups in total. The van der Waals surface area contributed by atoms with Crippen LogP contribution in [0.4, 0.5) is 4.39 Å². The summed E-state index contributed by atoms with van der Waals surface area (Å²) in [6.45, 7) is 6.40. The number of aromatic nitrogens is 1. The van der Waals surface area contributed by atoms with E-state index in [1.807, 2.05) is 18.3 Å². The van der Waals surface area contributed by atoms with Crippen molar-refractivity contribution in [1.82, 2.24) is 15.6 Å². The minimum absolute atomic E-state index is 0.112. The molecule has 1 aliphatic rings. The molecule has 3 rings (SSSR count). The number of nitrogens with one attached hydrogen (secondary N) is 2. The maximum atomic E-state index is 13.1. The third-order valence-corrected chi connectivity index (χ3v) is 5.70. The van der Waals surface area contributed by atoms with E-state index in [1.165, 1.54) is 10.4 Å². The highest BCUT2D eigenvalue weighted by atomic mass is 32.1. The van der Waals surface area contributed by atoms with Gasteiger partial charge in [-0.1, -0.05) is 19.1 Å². The Kier molecular flexibility index (Phi) is 5.68. The number of thiazole rings is 1. The number of nitrogens with zero attached hydrogens (tertiary/aromatic N) is 2. The van der Waals surface area contributed by atoms with E-state index >= 15 is 0 Å². The summed E-state index contributed by atoms with van der Waals surface area (Å²) in [5.41, 5.74) is 1.31. The minimum atomic E-state index is -0.183. The largest absolute Gasteiger partial charge is 0.357 e. The lowest BCUT2D eigenvalue weighted by Crippen LogP contribution is -2.41. The van der Waals surface area contributed by atoms with Crippen molar-refractivity contribution >= 4 is 17.3 Å². The van der Waals surface area contributed by atoms with Crippen molar-refractivity contribution in [2.45, 2.75) is 45.1 Å². The summed E-state index contributed by atoms with van der Waals surface area (Å²) in [5, 5.41) is 7.78. The van der Waals surface area contributed by atoms with Gasteiger partial charge in [0.25, 0.3) is 0 Å². The molecule has 0 amide bonds. The van der Waals surface area contributed by atoms with E-state index in [1.54, 1.807) is 23.5 Å². The Labute approximate surface area is 152 Å². The van der Waals surface area contributed by atoms with Gasteiger partial charge in [-0.2, -0.15) is 0 Å². The van der Waals surface area contributed by atoms with E-state index in [-0.39, 0.29) is 11.2 Å². The molecule has 0 aliphatic heterocycles. The second-order valence-electron chi connectivity index (χ2n) is 6.41. The molecule has 0 spiro atoms. The van der Waals surface area contributed by atoms with Crippen molar-refractivity contribution in [2.24, 2.45) is 4.99 Å². The van der Waals surface area contributed by atoms with Gasteiger partial charge in [0, 0.05) is 29.6 Å². The van der Waals surface area contributed by atoms with Gasteiger partial charge in [-0.05, 0) is 43.9 Å². The van der Waals surface area contributed by atoms with Crippen molar-refractivity contribution in [2.75, 3.05) is 13.1 Å². The molecule has 0 unspecified atom stereocenters. The second-order valence-corrected chi connectivity index (χ2v) is 7.61. The Balaban J connectivity index is 1.61. The number of aryl methyl sites for hydroxylation is 1. The van der Waals surface area contributed by atoms with Crippen LogP contribution in [0.25, 0.3) is 0 Å². The summed E-state index contributed by atoms with van der Waals surface area (Å²) < 4.78 is 13.1.